The molecule has 1 aliphatic carbocycles. The molecule has 1 heterocycles. The number of hydrogen-bond acceptors (Lipinski definition) is 4. The molecule has 7 nitrogen and oxygen atoms in total. The van der Waals surface area contributed by atoms with Crippen LogP contribution in [0.5, 0.6) is 0 Å². The van der Waals surface area contributed by atoms with Gasteiger partial charge in [-0.15, -0.1) is 0 Å². The van der Waals surface area contributed by atoms with E-state index >= 15 is 0 Å². The maximum absolute atomic E-state index is 12.1. The van der Waals surface area contributed by atoms with Crippen LogP contribution in [-0.4, -0.2) is 46.1 Å². The number of halogens is 1. The van der Waals surface area contributed by atoms with E-state index in [1.807, 2.05) is 0 Å². The second kappa shape index (κ2) is 5.66. The van der Waals surface area contributed by atoms with Crippen LogP contribution in [0.2, 0.25) is 5.02 Å². The number of benzene rings is 1. The Balaban J connectivity index is 1.70. The average Bonchev–Trinajstić information content (AvgIpc) is 3.30. The van der Waals surface area contributed by atoms with Crippen LogP contribution in [0, 0.1) is 6.92 Å². The zero-order valence-electron chi connectivity index (χ0n) is 12.3. The van der Waals surface area contributed by atoms with Gasteiger partial charge in [0.25, 0.3) is 0 Å². The summed E-state index contributed by atoms with van der Waals surface area (Å²) in [4.78, 5) is 49.5. The van der Waals surface area contributed by atoms with Crippen molar-refractivity contribution in [1.82, 2.24) is 9.80 Å². The normalized spacial score (nSPS) is 17.9. The molecule has 1 saturated heterocycles. The minimum absolute atomic E-state index is 0.206. The van der Waals surface area contributed by atoms with Gasteiger partial charge in [-0.1, -0.05) is 17.7 Å². The van der Waals surface area contributed by atoms with E-state index in [0.717, 1.165) is 4.90 Å². The highest BCUT2D eigenvalue weighted by Crippen LogP contribution is 2.31. The lowest BCUT2D eigenvalue weighted by Gasteiger charge is -2.15. The molecule has 0 unspecified atom stereocenters. The van der Waals surface area contributed by atoms with E-state index in [-0.39, 0.29) is 6.04 Å². The van der Waals surface area contributed by atoms with Crippen LogP contribution >= 0.6 is 11.6 Å². The quantitative estimate of drug-likeness (QED) is 0.668. The van der Waals surface area contributed by atoms with Crippen molar-refractivity contribution < 1.29 is 19.2 Å². The SMILES string of the molecule is Cc1c(Cl)cccc1NC(=O)CN1C(=O)C(=O)N(C2CC2)C1=O. The molecule has 0 spiro atoms. The van der Waals surface area contributed by atoms with Gasteiger partial charge < -0.3 is 5.32 Å². The molecule has 2 aliphatic rings. The summed E-state index contributed by atoms with van der Waals surface area (Å²) in [6.07, 6.45) is 1.40. The molecule has 1 aromatic carbocycles. The van der Waals surface area contributed by atoms with Gasteiger partial charge in [0.15, 0.2) is 0 Å². The number of amides is 5. The lowest BCUT2D eigenvalue weighted by molar-refractivity contribution is -0.143. The number of carbonyl (C=O) groups is 4. The summed E-state index contributed by atoms with van der Waals surface area (Å²) < 4.78 is 0. The van der Waals surface area contributed by atoms with E-state index in [2.05, 4.69) is 5.32 Å². The van der Waals surface area contributed by atoms with Crippen LogP contribution in [0.25, 0.3) is 0 Å². The minimum atomic E-state index is -0.958. The Morgan fingerprint density at radius 3 is 2.61 bits per heavy atom. The number of nitrogens with one attached hydrogen (secondary N) is 1. The molecule has 0 atom stereocenters. The molecular formula is C15H14ClN3O4. The highest BCUT2D eigenvalue weighted by molar-refractivity contribution is 6.45. The molecule has 1 aliphatic heterocycles. The first kappa shape index (κ1) is 15.5. The van der Waals surface area contributed by atoms with Crippen LogP contribution in [-0.2, 0) is 14.4 Å². The Hall–Kier alpha value is -2.41. The monoisotopic (exact) mass is 335 g/mol. The average molecular weight is 336 g/mol. The third-order valence-electron chi connectivity index (χ3n) is 3.84. The topological polar surface area (TPSA) is 86.8 Å². The van der Waals surface area contributed by atoms with Gasteiger partial charge >= 0.3 is 17.8 Å². The van der Waals surface area contributed by atoms with Gasteiger partial charge in [0.1, 0.15) is 6.54 Å². The van der Waals surface area contributed by atoms with E-state index in [1.54, 1.807) is 25.1 Å². The minimum Gasteiger partial charge on any atom is -0.324 e. The third kappa shape index (κ3) is 2.79. The molecule has 1 N–H and O–H groups in total. The molecule has 1 aromatic rings. The summed E-state index contributed by atoms with van der Waals surface area (Å²) >= 11 is 5.97. The predicted molar refractivity (Wildman–Crippen MR) is 81.8 cm³/mol. The zero-order chi connectivity index (χ0) is 16.7. The maximum atomic E-state index is 12.1. The highest BCUT2D eigenvalue weighted by Gasteiger charge is 2.51. The molecule has 2 fully saturated rings. The molecule has 8 heteroatoms. The number of anilines is 1. The van der Waals surface area contributed by atoms with Gasteiger partial charge in [-0.25, -0.2) is 9.69 Å². The Morgan fingerprint density at radius 2 is 1.96 bits per heavy atom. The van der Waals surface area contributed by atoms with Crippen LogP contribution < -0.4 is 5.32 Å². The standard InChI is InChI=1S/C15H14ClN3O4/c1-8-10(16)3-2-4-11(8)17-12(20)7-18-13(21)14(22)19(15(18)23)9-5-6-9/h2-4,9H,5-7H2,1H3,(H,17,20). The van der Waals surface area contributed by atoms with Gasteiger partial charge in [0.2, 0.25) is 5.91 Å². The van der Waals surface area contributed by atoms with Crippen molar-refractivity contribution in [3.63, 3.8) is 0 Å². The fraction of sp³-hybridized carbons (Fsp3) is 0.333. The summed E-state index contributed by atoms with van der Waals surface area (Å²) in [6.45, 7) is 1.24. The van der Waals surface area contributed by atoms with Gasteiger partial charge in [-0.2, -0.15) is 0 Å². The molecule has 0 aromatic heterocycles. The number of hydrogen-bond donors (Lipinski definition) is 1. The number of urea groups is 1. The summed E-state index contributed by atoms with van der Waals surface area (Å²) in [5.74, 6) is -2.38. The molecule has 23 heavy (non-hydrogen) atoms. The summed E-state index contributed by atoms with van der Waals surface area (Å²) in [5, 5.41) is 3.09. The molecule has 0 radical (unpaired) electrons. The largest absolute Gasteiger partial charge is 0.334 e. The molecule has 1 saturated carbocycles. The number of imide groups is 2. The first-order valence-corrected chi connectivity index (χ1v) is 7.52. The Labute approximate surface area is 137 Å². The highest BCUT2D eigenvalue weighted by atomic mass is 35.5. The van der Waals surface area contributed by atoms with Crippen LogP contribution in [0.4, 0.5) is 10.5 Å². The van der Waals surface area contributed by atoms with Gasteiger partial charge in [0.05, 0.1) is 0 Å². The van der Waals surface area contributed by atoms with Crippen molar-refractivity contribution in [3.8, 4) is 0 Å². The van der Waals surface area contributed by atoms with Gasteiger partial charge in [-0.05, 0) is 37.5 Å². The van der Waals surface area contributed by atoms with E-state index in [9.17, 15) is 19.2 Å². The van der Waals surface area contributed by atoms with E-state index in [4.69, 9.17) is 11.6 Å². The summed E-state index contributed by atoms with van der Waals surface area (Å²) in [7, 11) is 0. The number of rotatable bonds is 4. The molecule has 5 amide bonds. The Bertz CT molecular complexity index is 729. The molecule has 3 rings (SSSR count). The van der Waals surface area contributed by atoms with E-state index in [0.29, 0.717) is 34.0 Å². The molecular weight excluding hydrogens is 322 g/mol. The summed E-state index contributed by atoms with van der Waals surface area (Å²) in [5.41, 5.74) is 1.17. The van der Waals surface area contributed by atoms with Crippen LogP contribution in [0.3, 0.4) is 0 Å². The second-order valence-corrected chi connectivity index (χ2v) is 5.95. The smallest absolute Gasteiger partial charge is 0.324 e. The van der Waals surface area contributed by atoms with Crippen molar-refractivity contribution in [2.24, 2.45) is 0 Å². The van der Waals surface area contributed by atoms with Crippen molar-refractivity contribution >= 4 is 41.0 Å². The Kier molecular flexibility index (Phi) is 3.81. The van der Waals surface area contributed by atoms with Gasteiger partial charge in [-0.3, -0.25) is 19.3 Å². The third-order valence-corrected chi connectivity index (χ3v) is 4.25. The molecule has 120 valence electrons. The lowest BCUT2D eigenvalue weighted by atomic mass is 10.2. The zero-order valence-corrected chi connectivity index (χ0v) is 13.1. The van der Waals surface area contributed by atoms with Crippen molar-refractivity contribution in [1.29, 1.82) is 0 Å². The van der Waals surface area contributed by atoms with Crippen molar-refractivity contribution in [3.05, 3.63) is 28.8 Å². The lowest BCUT2D eigenvalue weighted by Crippen LogP contribution is -2.39. The van der Waals surface area contributed by atoms with Gasteiger partial charge in [0, 0.05) is 16.8 Å². The first-order chi connectivity index (χ1) is 10.9. The fourth-order valence-corrected chi connectivity index (χ4v) is 2.57. The predicted octanol–water partition coefficient (Wildman–Crippen LogP) is 1.54. The maximum Gasteiger partial charge on any atom is 0.334 e. The van der Waals surface area contributed by atoms with E-state index in [1.165, 1.54) is 0 Å². The van der Waals surface area contributed by atoms with E-state index < -0.39 is 30.3 Å². The van der Waals surface area contributed by atoms with Crippen molar-refractivity contribution in [2.75, 3.05) is 11.9 Å². The van der Waals surface area contributed by atoms with Crippen LogP contribution in [0.1, 0.15) is 18.4 Å². The first-order valence-electron chi connectivity index (χ1n) is 7.14. The van der Waals surface area contributed by atoms with Crippen molar-refractivity contribution in [2.45, 2.75) is 25.8 Å². The fourth-order valence-electron chi connectivity index (χ4n) is 2.39. The Morgan fingerprint density at radius 1 is 1.26 bits per heavy atom. The summed E-state index contributed by atoms with van der Waals surface area (Å²) in [6, 6.07) is 4.10. The van der Waals surface area contributed by atoms with Crippen LogP contribution in [0.15, 0.2) is 18.2 Å². The number of carbonyl (C=O) groups excluding carboxylic acids is 4. The second-order valence-electron chi connectivity index (χ2n) is 5.54. The number of nitrogens with zero attached hydrogens (tertiary/aromatic N) is 2. The molecule has 0 bridgehead atoms.